The predicted octanol–water partition coefficient (Wildman–Crippen LogP) is 2.42. The summed E-state index contributed by atoms with van der Waals surface area (Å²) in [6.45, 7) is 5.72. The molecule has 1 aliphatic heterocycles. The highest BCUT2D eigenvalue weighted by atomic mass is 16.3. The summed E-state index contributed by atoms with van der Waals surface area (Å²) in [5.41, 5.74) is 8.18. The molecule has 0 atom stereocenters. The molecule has 128 valence electrons. The SMILES string of the molecule is CCc1ncnc(N2CCC(O)(CC)CC2)c1-c1ccc(N)nc1. The quantitative estimate of drug-likeness (QED) is 0.896. The van der Waals surface area contributed by atoms with Crippen molar-refractivity contribution in [1.82, 2.24) is 15.0 Å². The average molecular weight is 327 g/mol. The molecule has 3 rings (SSSR count). The van der Waals surface area contributed by atoms with Gasteiger partial charge >= 0.3 is 0 Å². The van der Waals surface area contributed by atoms with Crippen LogP contribution in [0.15, 0.2) is 24.7 Å². The summed E-state index contributed by atoms with van der Waals surface area (Å²) in [4.78, 5) is 15.5. The van der Waals surface area contributed by atoms with Gasteiger partial charge in [-0.1, -0.05) is 13.8 Å². The summed E-state index contributed by atoms with van der Waals surface area (Å²) in [6, 6.07) is 3.77. The van der Waals surface area contributed by atoms with E-state index in [2.05, 4.69) is 26.8 Å². The molecule has 2 aromatic rings. The van der Waals surface area contributed by atoms with E-state index >= 15 is 0 Å². The van der Waals surface area contributed by atoms with Gasteiger partial charge in [0.05, 0.1) is 11.3 Å². The minimum absolute atomic E-state index is 0.501. The highest BCUT2D eigenvalue weighted by molar-refractivity contribution is 5.78. The predicted molar refractivity (Wildman–Crippen MR) is 95.7 cm³/mol. The number of pyridine rings is 1. The summed E-state index contributed by atoms with van der Waals surface area (Å²) in [5, 5.41) is 10.5. The fourth-order valence-corrected chi connectivity index (χ4v) is 3.26. The molecular weight excluding hydrogens is 302 g/mol. The highest BCUT2D eigenvalue weighted by Gasteiger charge is 2.32. The van der Waals surface area contributed by atoms with Gasteiger partial charge < -0.3 is 15.7 Å². The van der Waals surface area contributed by atoms with Crippen molar-refractivity contribution in [3.63, 3.8) is 0 Å². The zero-order valence-electron chi connectivity index (χ0n) is 14.4. The van der Waals surface area contributed by atoms with Crippen LogP contribution in [0.25, 0.3) is 11.1 Å². The average Bonchev–Trinajstić information content (AvgIpc) is 2.62. The Morgan fingerprint density at radius 3 is 2.50 bits per heavy atom. The van der Waals surface area contributed by atoms with Crippen LogP contribution in [0.5, 0.6) is 0 Å². The van der Waals surface area contributed by atoms with Crippen LogP contribution in [0.3, 0.4) is 0 Å². The van der Waals surface area contributed by atoms with Gasteiger partial charge in [-0.2, -0.15) is 0 Å². The van der Waals surface area contributed by atoms with Gasteiger partial charge in [0.2, 0.25) is 0 Å². The molecule has 1 aliphatic rings. The summed E-state index contributed by atoms with van der Waals surface area (Å²) < 4.78 is 0. The molecule has 24 heavy (non-hydrogen) atoms. The Morgan fingerprint density at radius 1 is 1.17 bits per heavy atom. The third-order valence-corrected chi connectivity index (χ3v) is 4.97. The Hall–Kier alpha value is -2.21. The molecule has 3 N–H and O–H groups in total. The van der Waals surface area contributed by atoms with Crippen molar-refractivity contribution in [1.29, 1.82) is 0 Å². The standard InChI is InChI=1S/C18H25N5O/c1-3-14-16(13-5-6-15(19)20-11-13)17(22-12-21-14)23-9-7-18(24,4-2)8-10-23/h5-6,11-12,24H,3-4,7-10H2,1-2H3,(H2,19,20). The summed E-state index contributed by atoms with van der Waals surface area (Å²) in [6.07, 6.45) is 6.54. The molecule has 6 nitrogen and oxygen atoms in total. The molecule has 0 saturated carbocycles. The first kappa shape index (κ1) is 16.6. The van der Waals surface area contributed by atoms with Crippen molar-refractivity contribution >= 4 is 11.6 Å². The minimum Gasteiger partial charge on any atom is -0.390 e. The summed E-state index contributed by atoms with van der Waals surface area (Å²) in [5.74, 6) is 1.42. The number of nitrogens with zero attached hydrogens (tertiary/aromatic N) is 4. The topological polar surface area (TPSA) is 88.2 Å². The lowest BCUT2D eigenvalue weighted by Gasteiger charge is -2.39. The van der Waals surface area contributed by atoms with Gasteiger partial charge in [-0.15, -0.1) is 0 Å². The van der Waals surface area contributed by atoms with Gasteiger partial charge in [0.1, 0.15) is 18.0 Å². The number of rotatable bonds is 4. The van der Waals surface area contributed by atoms with E-state index in [0.717, 1.165) is 61.4 Å². The third kappa shape index (κ3) is 3.19. The van der Waals surface area contributed by atoms with Crippen molar-refractivity contribution in [3.05, 3.63) is 30.4 Å². The van der Waals surface area contributed by atoms with Crippen LogP contribution in [0.1, 0.15) is 38.8 Å². The monoisotopic (exact) mass is 327 g/mol. The Kier molecular flexibility index (Phi) is 4.66. The maximum atomic E-state index is 10.5. The lowest BCUT2D eigenvalue weighted by Crippen LogP contribution is -2.44. The van der Waals surface area contributed by atoms with Gasteiger partial charge in [-0.05, 0) is 37.8 Å². The van der Waals surface area contributed by atoms with E-state index in [0.29, 0.717) is 5.82 Å². The van der Waals surface area contributed by atoms with Crippen molar-refractivity contribution in [2.75, 3.05) is 23.7 Å². The third-order valence-electron chi connectivity index (χ3n) is 4.97. The smallest absolute Gasteiger partial charge is 0.140 e. The molecule has 0 bridgehead atoms. The van der Waals surface area contributed by atoms with Gasteiger partial charge in [-0.25, -0.2) is 15.0 Å². The van der Waals surface area contributed by atoms with E-state index in [1.807, 2.05) is 13.0 Å². The molecule has 0 unspecified atom stereocenters. The molecular formula is C18H25N5O. The second-order valence-corrected chi connectivity index (χ2v) is 6.41. The zero-order chi connectivity index (χ0) is 17.2. The van der Waals surface area contributed by atoms with Gasteiger partial charge in [0.25, 0.3) is 0 Å². The van der Waals surface area contributed by atoms with Crippen LogP contribution in [-0.4, -0.2) is 38.7 Å². The Balaban J connectivity index is 1.98. The second-order valence-electron chi connectivity index (χ2n) is 6.41. The number of aliphatic hydroxyl groups is 1. The minimum atomic E-state index is -0.542. The highest BCUT2D eigenvalue weighted by Crippen LogP contribution is 2.35. The van der Waals surface area contributed by atoms with Gasteiger partial charge in [0.15, 0.2) is 0 Å². The second kappa shape index (κ2) is 6.73. The van der Waals surface area contributed by atoms with Crippen LogP contribution in [-0.2, 0) is 6.42 Å². The Morgan fingerprint density at radius 2 is 1.92 bits per heavy atom. The van der Waals surface area contributed by atoms with E-state index in [-0.39, 0.29) is 0 Å². The molecule has 1 saturated heterocycles. The Bertz CT molecular complexity index is 693. The van der Waals surface area contributed by atoms with E-state index in [9.17, 15) is 5.11 Å². The molecule has 0 amide bonds. The molecule has 1 fully saturated rings. The van der Waals surface area contributed by atoms with E-state index in [4.69, 9.17) is 5.73 Å². The van der Waals surface area contributed by atoms with Gasteiger partial charge in [-0.3, -0.25) is 0 Å². The number of anilines is 2. The van der Waals surface area contributed by atoms with Crippen LogP contribution >= 0.6 is 0 Å². The number of piperidine rings is 1. The lowest BCUT2D eigenvalue weighted by atomic mass is 9.88. The largest absolute Gasteiger partial charge is 0.390 e. The number of nitrogens with two attached hydrogens (primary N) is 1. The van der Waals surface area contributed by atoms with Gasteiger partial charge in [0, 0.05) is 30.4 Å². The summed E-state index contributed by atoms with van der Waals surface area (Å²) >= 11 is 0. The molecule has 0 aliphatic carbocycles. The lowest BCUT2D eigenvalue weighted by molar-refractivity contribution is 0.0125. The van der Waals surface area contributed by atoms with Crippen LogP contribution < -0.4 is 10.6 Å². The van der Waals surface area contributed by atoms with E-state index < -0.39 is 5.60 Å². The molecule has 0 radical (unpaired) electrons. The molecule has 0 spiro atoms. The molecule has 6 heteroatoms. The van der Waals surface area contributed by atoms with Crippen molar-refractivity contribution in [2.24, 2.45) is 0 Å². The number of aromatic nitrogens is 3. The summed E-state index contributed by atoms with van der Waals surface area (Å²) in [7, 11) is 0. The number of hydrogen-bond acceptors (Lipinski definition) is 6. The normalized spacial score (nSPS) is 17.0. The molecule has 0 aromatic carbocycles. The maximum absolute atomic E-state index is 10.5. The number of nitrogen functional groups attached to an aromatic ring is 1. The van der Waals surface area contributed by atoms with Crippen molar-refractivity contribution in [3.8, 4) is 11.1 Å². The van der Waals surface area contributed by atoms with E-state index in [1.54, 1.807) is 18.6 Å². The first-order valence-corrected chi connectivity index (χ1v) is 8.59. The fraction of sp³-hybridized carbons (Fsp3) is 0.500. The first-order valence-electron chi connectivity index (χ1n) is 8.59. The fourth-order valence-electron chi connectivity index (χ4n) is 3.26. The molecule has 2 aromatic heterocycles. The number of aryl methyl sites for hydroxylation is 1. The Labute approximate surface area is 142 Å². The maximum Gasteiger partial charge on any atom is 0.140 e. The first-order chi connectivity index (χ1) is 11.6. The van der Waals surface area contributed by atoms with Crippen LogP contribution in [0, 0.1) is 0 Å². The zero-order valence-corrected chi connectivity index (χ0v) is 14.4. The molecule has 3 heterocycles. The van der Waals surface area contributed by atoms with Crippen molar-refractivity contribution in [2.45, 2.75) is 45.1 Å². The van der Waals surface area contributed by atoms with Crippen LogP contribution in [0.2, 0.25) is 0 Å². The van der Waals surface area contributed by atoms with Crippen molar-refractivity contribution < 1.29 is 5.11 Å². The van der Waals surface area contributed by atoms with Crippen LogP contribution in [0.4, 0.5) is 11.6 Å². The number of hydrogen-bond donors (Lipinski definition) is 2. The van der Waals surface area contributed by atoms with E-state index in [1.165, 1.54) is 0 Å².